The summed E-state index contributed by atoms with van der Waals surface area (Å²) in [7, 11) is -4.12. The highest BCUT2D eigenvalue weighted by Gasteiger charge is 2.36. The molecule has 3 rings (SSSR count). The molecule has 0 bridgehead atoms. The van der Waals surface area contributed by atoms with Crippen molar-refractivity contribution in [3.8, 4) is 0 Å². The van der Waals surface area contributed by atoms with Crippen molar-refractivity contribution in [1.82, 2.24) is 4.31 Å². The van der Waals surface area contributed by atoms with Crippen molar-refractivity contribution in [3.63, 3.8) is 0 Å². The molecule has 0 saturated carbocycles. The number of rotatable bonds is 8. The van der Waals surface area contributed by atoms with Crippen molar-refractivity contribution >= 4 is 21.9 Å². The molecule has 3 N–H and O–H groups in total. The van der Waals surface area contributed by atoms with E-state index < -0.39 is 27.9 Å². The van der Waals surface area contributed by atoms with Gasteiger partial charge in [-0.1, -0.05) is 54.6 Å². The zero-order valence-corrected chi connectivity index (χ0v) is 17.6. The van der Waals surface area contributed by atoms with Crippen LogP contribution >= 0.6 is 0 Å². The summed E-state index contributed by atoms with van der Waals surface area (Å²) in [4.78, 5) is 23.6. The summed E-state index contributed by atoms with van der Waals surface area (Å²) in [6, 6.07) is 19.4. The molecule has 0 fully saturated rings. The SMILES string of the molecule is Cc1cccc(S(=O)(=O)N(Cc2ccc(C(=O)O)cc2)C(C(N)=O)c2ccccc2)c1. The van der Waals surface area contributed by atoms with Crippen LogP contribution in [0.15, 0.2) is 83.8 Å². The second kappa shape index (κ2) is 9.11. The van der Waals surface area contributed by atoms with Crippen LogP contribution in [0.3, 0.4) is 0 Å². The monoisotopic (exact) mass is 438 g/mol. The standard InChI is InChI=1S/C23H22N2O5S/c1-16-6-5-9-20(14-16)31(29,30)25(15-17-10-12-19(13-11-17)23(27)28)21(22(24)26)18-7-3-2-4-8-18/h2-14,21H,15H2,1H3,(H2,24,26)(H,27,28). The third-order valence-electron chi connectivity index (χ3n) is 4.81. The van der Waals surface area contributed by atoms with E-state index in [0.717, 1.165) is 9.87 Å². The number of benzene rings is 3. The van der Waals surface area contributed by atoms with Crippen molar-refractivity contribution in [3.05, 3.63) is 101 Å². The Hall–Kier alpha value is -3.49. The summed E-state index contributed by atoms with van der Waals surface area (Å²) >= 11 is 0. The van der Waals surface area contributed by atoms with Gasteiger partial charge in [0, 0.05) is 6.54 Å². The van der Waals surface area contributed by atoms with Crippen LogP contribution in [-0.4, -0.2) is 29.7 Å². The second-order valence-electron chi connectivity index (χ2n) is 7.08. The number of primary amides is 1. The van der Waals surface area contributed by atoms with Gasteiger partial charge in [0.05, 0.1) is 10.5 Å². The molecule has 8 heteroatoms. The number of hydrogen-bond acceptors (Lipinski definition) is 4. The highest BCUT2D eigenvalue weighted by atomic mass is 32.2. The van der Waals surface area contributed by atoms with Crippen LogP contribution in [-0.2, 0) is 21.4 Å². The van der Waals surface area contributed by atoms with Crippen molar-refractivity contribution in [2.45, 2.75) is 24.4 Å². The van der Waals surface area contributed by atoms with Crippen LogP contribution in [0.5, 0.6) is 0 Å². The molecule has 0 aromatic heterocycles. The van der Waals surface area contributed by atoms with Gasteiger partial charge in [-0.15, -0.1) is 0 Å². The molecule has 0 radical (unpaired) electrons. The average Bonchev–Trinajstić information content (AvgIpc) is 2.74. The summed E-state index contributed by atoms with van der Waals surface area (Å²) in [6.07, 6.45) is 0. The maximum absolute atomic E-state index is 13.6. The lowest BCUT2D eigenvalue weighted by atomic mass is 10.1. The molecule has 3 aromatic carbocycles. The lowest BCUT2D eigenvalue weighted by molar-refractivity contribution is -0.122. The topological polar surface area (TPSA) is 118 Å². The second-order valence-corrected chi connectivity index (χ2v) is 8.97. The molecule has 7 nitrogen and oxygen atoms in total. The van der Waals surface area contributed by atoms with Gasteiger partial charge in [0.1, 0.15) is 6.04 Å². The minimum absolute atomic E-state index is 0.0387. The summed E-state index contributed by atoms with van der Waals surface area (Å²) in [5.41, 5.74) is 7.45. The highest BCUT2D eigenvalue weighted by molar-refractivity contribution is 7.89. The van der Waals surface area contributed by atoms with Gasteiger partial charge in [0.2, 0.25) is 15.9 Å². The number of nitrogens with zero attached hydrogens (tertiary/aromatic N) is 1. The van der Waals surface area contributed by atoms with Gasteiger partial charge in [-0.2, -0.15) is 4.31 Å². The predicted molar refractivity (Wildman–Crippen MR) is 116 cm³/mol. The molecule has 0 heterocycles. The van der Waals surface area contributed by atoms with Crippen molar-refractivity contribution in [1.29, 1.82) is 0 Å². The average molecular weight is 439 g/mol. The Bertz CT molecular complexity index is 1190. The van der Waals surface area contributed by atoms with Gasteiger partial charge < -0.3 is 10.8 Å². The first-order valence-electron chi connectivity index (χ1n) is 9.45. The van der Waals surface area contributed by atoms with Crippen LogP contribution in [0, 0.1) is 6.92 Å². The Morgan fingerprint density at radius 2 is 1.61 bits per heavy atom. The number of nitrogens with two attached hydrogens (primary N) is 1. The number of aromatic carboxylic acids is 1. The largest absolute Gasteiger partial charge is 0.478 e. The number of carboxylic acids is 1. The van der Waals surface area contributed by atoms with Crippen LogP contribution in [0.25, 0.3) is 0 Å². The maximum Gasteiger partial charge on any atom is 0.335 e. The summed E-state index contributed by atoms with van der Waals surface area (Å²) in [5, 5.41) is 9.10. The van der Waals surface area contributed by atoms with Crippen LogP contribution in [0.2, 0.25) is 0 Å². The molecule has 0 saturated heterocycles. The highest BCUT2D eigenvalue weighted by Crippen LogP contribution is 2.30. The Labute approximate surface area is 180 Å². The number of amides is 1. The molecule has 0 spiro atoms. The Balaban J connectivity index is 2.12. The van der Waals surface area contributed by atoms with E-state index in [4.69, 9.17) is 10.8 Å². The first-order chi connectivity index (χ1) is 14.7. The number of carbonyl (C=O) groups is 2. The fourth-order valence-electron chi connectivity index (χ4n) is 3.27. The summed E-state index contributed by atoms with van der Waals surface area (Å²) in [5.74, 6) is -1.90. The quantitative estimate of drug-likeness (QED) is 0.560. The van der Waals surface area contributed by atoms with E-state index >= 15 is 0 Å². The van der Waals surface area contributed by atoms with Crippen LogP contribution in [0.1, 0.15) is 33.1 Å². The Morgan fingerprint density at radius 1 is 0.968 bits per heavy atom. The van der Waals surface area contributed by atoms with Crippen molar-refractivity contribution in [2.24, 2.45) is 5.73 Å². The minimum Gasteiger partial charge on any atom is -0.478 e. The molecular weight excluding hydrogens is 416 g/mol. The van der Waals surface area contributed by atoms with E-state index in [0.29, 0.717) is 11.1 Å². The minimum atomic E-state index is -4.12. The molecule has 1 amide bonds. The van der Waals surface area contributed by atoms with E-state index in [1.807, 2.05) is 0 Å². The third kappa shape index (κ3) is 4.99. The number of hydrogen-bond donors (Lipinski definition) is 2. The van der Waals surface area contributed by atoms with Gasteiger partial charge in [0.15, 0.2) is 0 Å². The first-order valence-corrected chi connectivity index (χ1v) is 10.9. The normalized spacial score (nSPS) is 12.5. The van der Waals surface area contributed by atoms with Gasteiger partial charge in [-0.25, -0.2) is 13.2 Å². The third-order valence-corrected chi connectivity index (χ3v) is 6.62. The molecule has 160 valence electrons. The molecule has 1 unspecified atom stereocenters. The Morgan fingerprint density at radius 3 is 2.16 bits per heavy atom. The summed E-state index contributed by atoms with van der Waals surface area (Å²) < 4.78 is 28.3. The fourth-order valence-corrected chi connectivity index (χ4v) is 4.95. The van der Waals surface area contributed by atoms with Crippen molar-refractivity contribution < 1.29 is 23.1 Å². The lowest BCUT2D eigenvalue weighted by Crippen LogP contribution is -2.41. The van der Waals surface area contributed by atoms with Gasteiger partial charge in [-0.05, 0) is 47.9 Å². The number of aryl methyl sites for hydroxylation is 1. The van der Waals surface area contributed by atoms with Gasteiger partial charge >= 0.3 is 5.97 Å². The molecule has 0 aliphatic rings. The molecule has 3 aromatic rings. The number of sulfonamides is 1. The smallest absolute Gasteiger partial charge is 0.335 e. The van der Waals surface area contributed by atoms with E-state index in [9.17, 15) is 18.0 Å². The van der Waals surface area contributed by atoms with E-state index in [1.54, 1.807) is 49.4 Å². The fraction of sp³-hybridized carbons (Fsp3) is 0.130. The first kappa shape index (κ1) is 22.2. The van der Waals surface area contributed by atoms with E-state index in [2.05, 4.69) is 0 Å². The van der Waals surface area contributed by atoms with Crippen molar-refractivity contribution in [2.75, 3.05) is 0 Å². The van der Waals surface area contributed by atoms with Gasteiger partial charge in [0.25, 0.3) is 0 Å². The molecular formula is C23H22N2O5S. The molecule has 31 heavy (non-hydrogen) atoms. The molecule has 0 aliphatic heterocycles. The maximum atomic E-state index is 13.6. The molecule has 0 aliphatic carbocycles. The van der Waals surface area contributed by atoms with Crippen LogP contribution in [0.4, 0.5) is 0 Å². The lowest BCUT2D eigenvalue weighted by Gasteiger charge is -2.29. The van der Waals surface area contributed by atoms with Crippen LogP contribution < -0.4 is 5.73 Å². The number of carbonyl (C=O) groups excluding carboxylic acids is 1. The summed E-state index contributed by atoms with van der Waals surface area (Å²) in [6.45, 7) is 1.61. The predicted octanol–water partition coefficient (Wildman–Crippen LogP) is 3.11. The zero-order chi connectivity index (χ0) is 22.6. The van der Waals surface area contributed by atoms with E-state index in [-0.39, 0.29) is 17.0 Å². The Kier molecular flexibility index (Phi) is 6.53. The zero-order valence-electron chi connectivity index (χ0n) is 16.8. The van der Waals surface area contributed by atoms with Gasteiger partial charge in [-0.3, -0.25) is 4.79 Å². The molecule has 1 atom stereocenters. The number of carboxylic acid groups (broad SMARTS) is 1. The van der Waals surface area contributed by atoms with E-state index in [1.165, 1.54) is 36.4 Å².